The molecule has 1 aliphatic rings. The van der Waals surface area contributed by atoms with Crippen LogP contribution in [0.2, 0.25) is 0 Å². The maximum absolute atomic E-state index is 13.5. The molecule has 4 aromatic rings. The van der Waals surface area contributed by atoms with E-state index in [4.69, 9.17) is 4.98 Å². The quantitative estimate of drug-likeness (QED) is 0.528. The van der Waals surface area contributed by atoms with Crippen molar-refractivity contribution in [2.24, 2.45) is 5.92 Å². The van der Waals surface area contributed by atoms with Gasteiger partial charge in [0.1, 0.15) is 17.0 Å². The highest BCUT2D eigenvalue weighted by Crippen LogP contribution is 2.23. The van der Waals surface area contributed by atoms with Crippen LogP contribution in [0.15, 0.2) is 65.6 Å². The van der Waals surface area contributed by atoms with Crippen LogP contribution in [0.5, 0.6) is 0 Å². The van der Waals surface area contributed by atoms with E-state index in [1.54, 1.807) is 12.3 Å². The van der Waals surface area contributed by atoms with E-state index in [9.17, 15) is 9.59 Å². The zero-order chi connectivity index (χ0) is 20.7. The number of piperidine rings is 1. The zero-order valence-corrected chi connectivity index (χ0v) is 17.0. The lowest BCUT2D eigenvalue weighted by atomic mass is 9.99. The Bertz CT molecular complexity index is 1280. The first-order chi connectivity index (χ1) is 14.6. The second kappa shape index (κ2) is 7.44. The van der Waals surface area contributed by atoms with Crippen LogP contribution in [0.3, 0.4) is 0 Å². The highest BCUT2D eigenvalue weighted by Gasteiger charge is 2.26. The molecular formula is C24H24N4O2. The summed E-state index contributed by atoms with van der Waals surface area (Å²) in [4.78, 5) is 33.3. The highest BCUT2D eigenvalue weighted by molar-refractivity contribution is 5.98. The Hall–Kier alpha value is -3.41. The highest BCUT2D eigenvalue weighted by atomic mass is 16.2. The standard InChI is InChI=1S/C24H24N4O2/c1-17-10-13-26(14-11-17)24(30)20-15-19-22(28(20)16-18-7-3-2-4-8-18)25-21-9-5-6-12-27(21)23(19)29/h2-9,12,15,17H,10-11,13-14,16H2,1H3. The molecule has 0 aliphatic carbocycles. The van der Waals surface area contributed by atoms with Crippen molar-refractivity contribution in [2.45, 2.75) is 26.3 Å². The molecule has 0 N–H and O–H groups in total. The molecule has 1 aliphatic heterocycles. The topological polar surface area (TPSA) is 59.6 Å². The summed E-state index contributed by atoms with van der Waals surface area (Å²) in [6, 6.07) is 17.2. The van der Waals surface area contributed by atoms with Crippen LogP contribution in [0, 0.1) is 5.92 Å². The average molecular weight is 400 g/mol. The van der Waals surface area contributed by atoms with Crippen molar-refractivity contribution in [1.29, 1.82) is 0 Å². The number of hydrogen-bond donors (Lipinski definition) is 0. The SMILES string of the molecule is CC1CCN(C(=O)c2cc3c(=O)n4ccccc4nc3n2Cc2ccccc2)CC1. The van der Waals surface area contributed by atoms with Gasteiger partial charge in [0.05, 0.1) is 5.39 Å². The van der Waals surface area contributed by atoms with Crippen molar-refractivity contribution in [3.8, 4) is 0 Å². The summed E-state index contributed by atoms with van der Waals surface area (Å²) in [5.41, 5.74) is 2.58. The maximum Gasteiger partial charge on any atom is 0.270 e. The summed E-state index contributed by atoms with van der Waals surface area (Å²) >= 11 is 0. The fourth-order valence-corrected chi connectivity index (χ4v) is 4.23. The number of carbonyl (C=O) groups is 1. The number of hydrogen-bond acceptors (Lipinski definition) is 3. The van der Waals surface area contributed by atoms with Gasteiger partial charge in [-0.15, -0.1) is 0 Å². The molecule has 1 fully saturated rings. The third-order valence-corrected chi connectivity index (χ3v) is 6.05. The first-order valence-corrected chi connectivity index (χ1v) is 10.5. The number of likely N-dealkylation sites (tertiary alicyclic amines) is 1. The number of aromatic nitrogens is 3. The summed E-state index contributed by atoms with van der Waals surface area (Å²) < 4.78 is 3.44. The average Bonchev–Trinajstić information content (AvgIpc) is 3.13. The van der Waals surface area contributed by atoms with Crippen LogP contribution in [-0.4, -0.2) is 37.8 Å². The van der Waals surface area contributed by atoms with Crippen LogP contribution in [-0.2, 0) is 6.54 Å². The second-order valence-corrected chi connectivity index (χ2v) is 8.16. The number of carbonyl (C=O) groups excluding carboxylic acids is 1. The molecule has 1 amide bonds. The Kier molecular flexibility index (Phi) is 4.62. The monoisotopic (exact) mass is 400 g/mol. The van der Waals surface area contributed by atoms with Crippen molar-refractivity contribution >= 4 is 22.6 Å². The number of rotatable bonds is 3. The van der Waals surface area contributed by atoms with Crippen LogP contribution < -0.4 is 5.56 Å². The van der Waals surface area contributed by atoms with Gasteiger partial charge in [0.25, 0.3) is 11.5 Å². The molecule has 30 heavy (non-hydrogen) atoms. The molecule has 0 bridgehead atoms. The minimum Gasteiger partial charge on any atom is -0.337 e. The van der Waals surface area contributed by atoms with Gasteiger partial charge in [0.2, 0.25) is 0 Å². The molecule has 1 saturated heterocycles. The van der Waals surface area contributed by atoms with Gasteiger partial charge in [0, 0.05) is 25.8 Å². The van der Waals surface area contributed by atoms with Gasteiger partial charge in [-0.2, -0.15) is 0 Å². The van der Waals surface area contributed by atoms with E-state index in [0.29, 0.717) is 34.8 Å². The van der Waals surface area contributed by atoms with E-state index < -0.39 is 0 Å². The summed E-state index contributed by atoms with van der Waals surface area (Å²) in [5.74, 6) is 0.616. The molecule has 0 saturated carbocycles. The molecular weight excluding hydrogens is 376 g/mol. The van der Waals surface area contributed by atoms with Gasteiger partial charge >= 0.3 is 0 Å². The molecule has 0 spiro atoms. The van der Waals surface area contributed by atoms with Gasteiger partial charge in [-0.05, 0) is 42.5 Å². The Labute approximate surface area is 174 Å². The molecule has 152 valence electrons. The number of fused-ring (bicyclic) bond motifs is 2. The Morgan fingerprint density at radius 3 is 2.57 bits per heavy atom. The number of pyridine rings is 1. The Morgan fingerprint density at radius 2 is 1.80 bits per heavy atom. The van der Waals surface area contributed by atoms with E-state index in [2.05, 4.69) is 6.92 Å². The Morgan fingerprint density at radius 1 is 1.07 bits per heavy atom. The molecule has 3 aromatic heterocycles. The first-order valence-electron chi connectivity index (χ1n) is 10.5. The molecule has 0 unspecified atom stereocenters. The molecule has 6 nitrogen and oxygen atoms in total. The molecule has 4 heterocycles. The van der Waals surface area contributed by atoms with Crippen LogP contribution in [0.25, 0.3) is 16.7 Å². The lowest BCUT2D eigenvalue weighted by molar-refractivity contribution is 0.0687. The second-order valence-electron chi connectivity index (χ2n) is 8.16. The first kappa shape index (κ1) is 18.6. The molecule has 6 heteroatoms. The molecule has 1 aromatic carbocycles. The van der Waals surface area contributed by atoms with Crippen molar-refractivity contribution in [1.82, 2.24) is 18.9 Å². The zero-order valence-electron chi connectivity index (χ0n) is 17.0. The van der Waals surface area contributed by atoms with Gasteiger partial charge < -0.3 is 9.47 Å². The van der Waals surface area contributed by atoms with E-state index >= 15 is 0 Å². The van der Waals surface area contributed by atoms with Crippen LogP contribution in [0.1, 0.15) is 35.8 Å². The van der Waals surface area contributed by atoms with Gasteiger partial charge in [0.15, 0.2) is 0 Å². The van der Waals surface area contributed by atoms with Gasteiger partial charge in [-0.25, -0.2) is 4.98 Å². The third kappa shape index (κ3) is 3.18. The number of benzene rings is 1. The van der Waals surface area contributed by atoms with Crippen molar-refractivity contribution in [3.05, 3.63) is 82.4 Å². The lowest BCUT2D eigenvalue weighted by Crippen LogP contribution is -2.38. The maximum atomic E-state index is 13.5. The van der Waals surface area contributed by atoms with E-state index in [1.165, 1.54) is 4.40 Å². The fourth-order valence-electron chi connectivity index (χ4n) is 4.23. The van der Waals surface area contributed by atoms with Gasteiger partial charge in [-0.3, -0.25) is 14.0 Å². The summed E-state index contributed by atoms with van der Waals surface area (Å²) in [6.45, 7) is 4.22. The van der Waals surface area contributed by atoms with Crippen molar-refractivity contribution < 1.29 is 4.79 Å². The molecule has 5 rings (SSSR count). The van der Waals surface area contributed by atoms with E-state index in [0.717, 1.165) is 31.5 Å². The predicted octanol–water partition coefficient (Wildman–Crippen LogP) is 3.57. The minimum absolute atomic E-state index is 0.0238. The third-order valence-electron chi connectivity index (χ3n) is 6.05. The largest absolute Gasteiger partial charge is 0.337 e. The van der Waals surface area contributed by atoms with Gasteiger partial charge in [-0.1, -0.05) is 43.3 Å². The van der Waals surface area contributed by atoms with Crippen molar-refractivity contribution in [2.75, 3.05) is 13.1 Å². The molecule has 0 atom stereocenters. The molecule has 0 radical (unpaired) electrons. The lowest BCUT2D eigenvalue weighted by Gasteiger charge is -2.30. The summed E-state index contributed by atoms with van der Waals surface area (Å²) in [6.07, 6.45) is 3.73. The fraction of sp³-hybridized carbons (Fsp3) is 0.292. The van der Waals surface area contributed by atoms with E-state index in [-0.39, 0.29) is 11.5 Å². The minimum atomic E-state index is -0.149. The number of amides is 1. The van der Waals surface area contributed by atoms with E-state index in [1.807, 2.05) is 58.0 Å². The van der Waals surface area contributed by atoms with Crippen molar-refractivity contribution in [3.63, 3.8) is 0 Å². The number of nitrogens with zero attached hydrogens (tertiary/aromatic N) is 4. The summed E-state index contributed by atoms with van der Waals surface area (Å²) in [7, 11) is 0. The predicted molar refractivity (Wildman–Crippen MR) is 117 cm³/mol. The Balaban J connectivity index is 1.69. The smallest absolute Gasteiger partial charge is 0.270 e. The van der Waals surface area contributed by atoms with Crippen LogP contribution >= 0.6 is 0 Å². The van der Waals surface area contributed by atoms with Crippen LogP contribution in [0.4, 0.5) is 0 Å². The summed E-state index contributed by atoms with van der Waals surface area (Å²) in [5, 5.41) is 0.475. The normalized spacial score (nSPS) is 15.2.